The molecule has 1 N–H and O–H groups in total. The first kappa shape index (κ1) is 12.3. The zero-order valence-corrected chi connectivity index (χ0v) is 11.6. The van der Waals surface area contributed by atoms with Crippen molar-refractivity contribution in [1.82, 2.24) is 9.55 Å². The lowest BCUT2D eigenvalue weighted by atomic mass is 9.87. The van der Waals surface area contributed by atoms with E-state index < -0.39 is 0 Å². The summed E-state index contributed by atoms with van der Waals surface area (Å²) in [6, 6.07) is 9.11. The highest BCUT2D eigenvalue weighted by Gasteiger charge is 2.34. The smallest absolute Gasteiger partial charge is 0.0991 e. The first-order valence-electron chi connectivity index (χ1n) is 7.00. The molecule has 1 saturated carbocycles. The minimum absolute atomic E-state index is 0.394. The average molecular weight is 255 g/mol. The Hall–Kier alpha value is -1.77. The quantitative estimate of drug-likeness (QED) is 0.902. The van der Waals surface area contributed by atoms with Crippen molar-refractivity contribution in [3.63, 3.8) is 0 Å². The van der Waals surface area contributed by atoms with E-state index in [1.807, 2.05) is 17.1 Å². The Morgan fingerprint density at radius 3 is 2.95 bits per heavy atom. The number of benzene rings is 1. The normalized spacial score (nSPS) is 21.5. The maximum Gasteiger partial charge on any atom is 0.0991 e. The highest BCUT2D eigenvalue weighted by molar-refractivity contribution is 5.52. The van der Waals surface area contributed by atoms with E-state index in [9.17, 15) is 0 Å². The Morgan fingerprint density at radius 1 is 1.37 bits per heavy atom. The van der Waals surface area contributed by atoms with E-state index in [1.165, 1.54) is 24.9 Å². The van der Waals surface area contributed by atoms with Crippen molar-refractivity contribution in [2.45, 2.75) is 39.2 Å². The van der Waals surface area contributed by atoms with E-state index >= 15 is 0 Å². The summed E-state index contributed by atoms with van der Waals surface area (Å²) >= 11 is 0. The van der Waals surface area contributed by atoms with Gasteiger partial charge in [-0.3, -0.25) is 0 Å². The second-order valence-corrected chi connectivity index (χ2v) is 6.10. The summed E-state index contributed by atoms with van der Waals surface area (Å²) in [7, 11) is 0. The van der Waals surface area contributed by atoms with Gasteiger partial charge >= 0.3 is 0 Å². The topological polar surface area (TPSA) is 29.9 Å². The van der Waals surface area contributed by atoms with Crippen LogP contribution in [0, 0.1) is 5.41 Å². The van der Waals surface area contributed by atoms with Crippen LogP contribution in [0.2, 0.25) is 0 Å². The van der Waals surface area contributed by atoms with Crippen LogP contribution in [0.3, 0.4) is 0 Å². The summed E-state index contributed by atoms with van der Waals surface area (Å²) in [5.41, 5.74) is 2.75. The molecule has 1 unspecified atom stereocenters. The third kappa shape index (κ3) is 2.50. The second kappa shape index (κ2) is 4.72. The number of imidazole rings is 1. The van der Waals surface area contributed by atoms with Gasteiger partial charge in [-0.15, -0.1) is 0 Å². The third-order valence-corrected chi connectivity index (χ3v) is 4.25. The summed E-state index contributed by atoms with van der Waals surface area (Å²) in [5, 5.41) is 3.70. The van der Waals surface area contributed by atoms with Crippen LogP contribution in [-0.2, 0) is 0 Å². The number of rotatable bonds is 3. The number of hydrogen-bond donors (Lipinski definition) is 1. The summed E-state index contributed by atoms with van der Waals surface area (Å²) in [6.07, 6.45) is 9.51. The number of anilines is 1. The molecule has 3 rings (SSSR count). The van der Waals surface area contributed by atoms with Crippen LogP contribution in [0.15, 0.2) is 43.0 Å². The van der Waals surface area contributed by atoms with E-state index in [-0.39, 0.29) is 0 Å². The van der Waals surface area contributed by atoms with Crippen LogP contribution >= 0.6 is 0 Å². The van der Waals surface area contributed by atoms with Crippen molar-refractivity contribution in [3.05, 3.63) is 43.0 Å². The molecule has 100 valence electrons. The average Bonchev–Trinajstić information content (AvgIpc) is 3.01. The predicted molar refractivity (Wildman–Crippen MR) is 78.6 cm³/mol. The van der Waals surface area contributed by atoms with Crippen molar-refractivity contribution in [1.29, 1.82) is 0 Å². The highest BCUT2D eigenvalue weighted by Crippen LogP contribution is 2.39. The fourth-order valence-electron chi connectivity index (χ4n) is 2.96. The summed E-state index contributed by atoms with van der Waals surface area (Å²) in [6.45, 7) is 4.72. The zero-order chi connectivity index (χ0) is 13.3. The molecule has 1 aliphatic rings. The molecule has 0 radical (unpaired) electrons. The maximum absolute atomic E-state index is 4.10. The maximum atomic E-state index is 4.10. The number of nitrogens with one attached hydrogen (secondary N) is 1. The van der Waals surface area contributed by atoms with Crippen LogP contribution in [0.25, 0.3) is 5.69 Å². The van der Waals surface area contributed by atoms with Gasteiger partial charge in [-0.25, -0.2) is 4.98 Å². The van der Waals surface area contributed by atoms with Gasteiger partial charge in [0.15, 0.2) is 0 Å². The van der Waals surface area contributed by atoms with Crippen molar-refractivity contribution >= 4 is 5.69 Å². The molecule has 0 spiro atoms. The van der Waals surface area contributed by atoms with Crippen molar-refractivity contribution < 1.29 is 0 Å². The molecule has 1 heterocycles. The molecule has 1 aromatic carbocycles. The van der Waals surface area contributed by atoms with Crippen LogP contribution in [-0.4, -0.2) is 15.6 Å². The lowest BCUT2D eigenvalue weighted by Gasteiger charge is -2.28. The van der Waals surface area contributed by atoms with Gasteiger partial charge in [-0.2, -0.15) is 0 Å². The SMILES string of the molecule is CC1(C)CCCC1Nc1cccc(-n2ccnc2)c1. The van der Waals surface area contributed by atoms with E-state index in [4.69, 9.17) is 0 Å². The molecule has 1 aromatic heterocycles. The number of aromatic nitrogens is 2. The summed E-state index contributed by atoms with van der Waals surface area (Å²) < 4.78 is 2.03. The van der Waals surface area contributed by atoms with Crippen molar-refractivity contribution in [2.75, 3.05) is 5.32 Å². The Balaban J connectivity index is 1.81. The van der Waals surface area contributed by atoms with E-state index in [0.717, 1.165) is 5.69 Å². The minimum atomic E-state index is 0.394. The standard InChI is InChI=1S/C16H21N3/c1-16(2)8-4-7-15(16)18-13-5-3-6-14(11-13)19-10-9-17-12-19/h3,5-6,9-12,15,18H,4,7-8H2,1-2H3. The zero-order valence-electron chi connectivity index (χ0n) is 11.6. The highest BCUT2D eigenvalue weighted by atomic mass is 15.0. The van der Waals surface area contributed by atoms with Crippen LogP contribution in [0.4, 0.5) is 5.69 Å². The van der Waals surface area contributed by atoms with Gasteiger partial charge in [0, 0.05) is 29.8 Å². The van der Waals surface area contributed by atoms with Gasteiger partial charge in [0.05, 0.1) is 6.33 Å². The van der Waals surface area contributed by atoms with E-state index in [1.54, 1.807) is 6.20 Å². The Kier molecular flexibility index (Phi) is 3.05. The van der Waals surface area contributed by atoms with Gasteiger partial charge in [0.1, 0.15) is 0 Å². The summed E-state index contributed by atoms with van der Waals surface area (Å²) in [5.74, 6) is 0. The van der Waals surface area contributed by atoms with Crippen LogP contribution in [0.1, 0.15) is 33.1 Å². The molecule has 2 aromatic rings. The largest absolute Gasteiger partial charge is 0.382 e. The second-order valence-electron chi connectivity index (χ2n) is 6.10. The molecule has 1 fully saturated rings. The van der Waals surface area contributed by atoms with E-state index in [2.05, 4.69) is 48.4 Å². The molecule has 3 nitrogen and oxygen atoms in total. The number of hydrogen-bond acceptors (Lipinski definition) is 2. The Morgan fingerprint density at radius 2 is 2.26 bits per heavy atom. The Labute approximate surface area is 114 Å². The van der Waals surface area contributed by atoms with Gasteiger partial charge in [0.25, 0.3) is 0 Å². The summed E-state index contributed by atoms with van der Waals surface area (Å²) in [4.78, 5) is 4.10. The van der Waals surface area contributed by atoms with Gasteiger partial charge in [-0.05, 0) is 36.5 Å². The molecule has 3 heteroatoms. The lowest BCUT2D eigenvalue weighted by Crippen LogP contribution is -2.30. The minimum Gasteiger partial charge on any atom is -0.382 e. The monoisotopic (exact) mass is 255 g/mol. The number of nitrogens with zero attached hydrogens (tertiary/aromatic N) is 2. The molecule has 1 aliphatic carbocycles. The molecule has 0 saturated heterocycles. The van der Waals surface area contributed by atoms with Crippen LogP contribution in [0.5, 0.6) is 0 Å². The molecule has 0 aliphatic heterocycles. The molecular formula is C16H21N3. The third-order valence-electron chi connectivity index (χ3n) is 4.25. The Bertz CT molecular complexity index is 543. The van der Waals surface area contributed by atoms with Crippen molar-refractivity contribution in [3.8, 4) is 5.69 Å². The fourth-order valence-corrected chi connectivity index (χ4v) is 2.96. The molecule has 0 amide bonds. The lowest BCUT2D eigenvalue weighted by molar-refractivity contribution is 0.350. The van der Waals surface area contributed by atoms with E-state index in [0.29, 0.717) is 11.5 Å². The molecule has 0 bridgehead atoms. The van der Waals surface area contributed by atoms with Gasteiger partial charge in [-0.1, -0.05) is 26.3 Å². The molecule has 19 heavy (non-hydrogen) atoms. The van der Waals surface area contributed by atoms with Gasteiger partial charge < -0.3 is 9.88 Å². The fraction of sp³-hybridized carbons (Fsp3) is 0.438. The van der Waals surface area contributed by atoms with Crippen molar-refractivity contribution in [2.24, 2.45) is 5.41 Å². The van der Waals surface area contributed by atoms with Crippen LogP contribution < -0.4 is 5.32 Å². The first-order valence-corrected chi connectivity index (χ1v) is 7.00. The van der Waals surface area contributed by atoms with Gasteiger partial charge in [0.2, 0.25) is 0 Å². The first-order chi connectivity index (χ1) is 9.15. The molecular weight excluding hydrogens is 234 g/mol. The molecule has 1 atom stereocenters. The predicted octanol–water partition coefficient (Wildman–Crippen LogP) is 3.86.